The quantitative estimate of drug-likeness (QED) is 0.478. The molecule has 2 rings (SSSR count). The highest BCUT2D eigenvalue weighted by molar-refractivity contribution is 5.76. The van der Waals surface area contributed by atoms with E-state index in [0.29, 0.717) is 11.4 Å². The fraction of sp³-hybridized carbons (Fsp3) is 0. The van der Waals surface area contributed by atoms with Crippen LogP contribution in [0.3, 0.4) is 0 Å². The summed E-state index contributed by atoms with van der Waals surface area (Å²) in [6.07, 6.45) is 6.76. The number of aliphatic imine (C=N–C) groups is 2. The number of nitrogens with zero attached hydrogens (tertiary/aromatic N) is 2. The molecular weight excluding hydrogens is 252 g/mol. The summed E-state index contributed by atoms with van der Waals surface area (Å²) >= 11 is 0. The fourth-order valence-corrected chi connectivity index (χ4v) is 1.68. The molecule has 0 aliphatic rings. The van der Waals surface area contributed by atoms with Gasteiger partial charge in [-0.3, -0.25) is 0 Å². The van der Waals surface area contributed by atoms with Crippen molar-refractivity contribution in [3.8, 4) is 0 Å². The lowest BCUT2D eigenvalue weighted by Gasteiger charge is -1.98. The third-order valence-electron chi connectivity index (χ3n) is 2.63. The summed E-state index contributed by atoms with van der Waals surface area (Å²) in [5.41, 5.74) is 2.90. The Hall–Kier alpha value is -3.06. The van der Waals surface area contributed by atoms with Crippen molar-refractivity contribution >= 4 is 35.7 Å². The van der Waals surface area contributed by atoms with Crippen LogP contribution in [0.25, 0.3) is 12.2 Å². The van der Waals surface area contributed by atoms with Crippen LogP contribution in [-0.4, -0.2) is 12.2 Å². The topological polar surface area (TPSA) is 58.9 Å². The Morgan fingerprint density at radius 2 is 1.50 bits per heavy atom. The molecule has 0 aliphatic carbocycles. The van der Waals surface area contributed by atoms with Gasteiger partial charge in [0.15, 0.2) is 0 Å². The maximum atomic E-state index is 10.3. The maximum absolute atomic E-state index is 10.3. The zero-order valence-electron chi connectivity index (χ0n) is 10.5. The molecule has 0 atom stereocenters. The second-order valence-corrected chi connectivity index (χ2v) is 3.89. The van der Waals surface area contributed by atoms with Crippen LogP contribution in [0.15, 0.2) is 58.5 Å². The largest absolute Gasteiger partial charge is 0.240 e. The number of carbonyl (C=O) groups excluding carboxylic acids is 2. The Morgan fingerprint density at radius 3 is 2.20 bits per heavy atom. The average molecular weight is 262 g/mol. The van der Waals surface area contributed by atoms with E-state index < -0.39 is 0 Å². The summed E-state index contributed by atoms with van der Waals surface area (Å²) in [7, 11) is 0. The number of benzene rings is 2. The lowest BCUT2D eigenvalue weighted by atomic mass is 10.1. The Morgan fingerprint density at radius 1 is 0.800 bits per heavy atom. The first kappa shape index (κ1) is 13.4. The minimum atomic E-state index is 0.558. The highest BCUT2D eigenvalue weighted by Crippen LogP contribution is 2.21. The lowest BCUT2D eigenvalue weighted by Crippen LogP contribution is -1.75. The Bertz CT molecular complexity index is 720. The van der Waals surface area contributed by atoms with Gasteiger partial charge in [0.05, 0.1) is 11.4 Å². The van der Waals surface area contributed by atoms with Crippen LogP contribution in [0, 0.1) is 0 Å². The molecular formula is C16H10N2O2. The van der Waals surface area contributed by atoms with E-state index in [0.717, 1.165) is 11.1 Å². The molecule has 0 aliphatic heterocycles. The number of rotatable bonds is 4. The molecule has 0 radical (unpaired) electrons. The van der Waals surface area contributed by atoms with Crippen LogP contribution >= 0.6 is 0 Å². The van der Waals surface area contributed by atoms with Gasteiger partial charge >= 0.3 is 0 Å². The second-order valence-electron chi connectivity index (χ2n) is 3.89. The summed E-state index contributed by atoms with van der Waals surface area (Å²) in [4.78, 5) is 27.6. The molecule has 0 unspecified atom stereocenters. The molecule has 0 N–H and O–H groups in total. The summed E-state index contributed by atoms with van der Waals surface area (Å²) in [5, 5.41) is 0. The van der Waals surface area contributed by atoms with Gasteiger partial charge in [-0.2, -0.15) is 9.98 Å². The van der Waals surface area contributed by atoms with E-state index in [1.807, 2.05) is 36.4 Å². The predicted octanol–water partition coefficient (Wildman–Crippen LogP) is 3.79. The predicted molar refractivity (Wildman–Crippen MR) is 77.4 cm³/mol. The first-order chi connectivity index (χ1) is 9.83. The molecule has 4 nitrogen and oxygen atoms in total. The van der Waals surface area contributed by atoms with Gasteiger partial charge in [-0.1, -0.05) is 42.5 Å². The number of isocyanates is 2. The SMILES string of the molecule is O=C=Nc1ccc(C=Cc2ccccc2N=C=O)cc1. The van der Waals surface area contributed by atoms with Crippen LogP contribution in [0.4, 0.5) is 11.4 Å². The smallest absolute Gasteiger partial charge is 0.211 e. The molecule has 2 aromatic carbocycles. The van der Waals surface area contributed by atoms with Crippen LogP contribution in [0.5, 0.6) is 0 Å². The van der Waals surface area contributed by atoms with Crippen molar-refractivity contribution in [2.45, 2.75) is 0 Å². The molecule has 0 bridgehead atoms. The molecule has 0 amide bonds. The number of para-hydroxylation sites is 1. The third-order valence-corrected chi connectivity index (χ3v) is 2.63. The van der Waals surface area contributed by atoms with Gasteiger partial charge in [-0.25, -0.2) is 9.59 Å². The average Bonchev–Trinajstić information content (AvgIpc) is 2.48. The van der Waals surface area contributed by atoms with Crippen molar-refractivity contribution in [3.63, 3.8) is 0 Å². The number of hydrogen-bond donors (Lipinski definition) is 0. The summed E-state index contributed by atoms with van der Waals surface area (Å²) in [5.74, 6) is 0. The zero-order valence-corrected chi connectivity index (χ0v) is 10.5. The Kier molecular flexibility index (Phi) is 4.52. The lowest BCUT2D eigenvalue weighted by molar-refractivity contribution is 0.564. The monoisotopic (exact) mass is 262 g/mol. The van der Waals surface area contributed by atoms with Gasteiger partial charge in [-0.15, -0.1) is 0 Å². The second kappa shape index (κ2) is 6.76. The fourth-order valence-electron chi connectivity index (χ4n) is 1.68. The van der Waals surface area contributed by atoms with Crippen molar-refractivity contribution in [1.82, 2.24) is 0 Å². The van der Waals surface area contributed by atoms with E-state index in [-0.39, 0.29) is 0 Å². The Balaban J connectivity index is 2.25. The van der Waals surface area contributed by atoms with E-state index >= 15 is 0 Å². The normalized spacial score (nSPS) is 9.80. The van der Waals surface area contributed by atoms with E-state index in [1.165, 1.54) is 12.2 Å². The molecule has 0 fully saturated rings. The summed E-state index contributed by atoms with van der Waals surface area (Å²) in [6.45, 7) is 0. The Labute approximate surface area is 115 Å². The van der Waals surface area contributed by atoms with E-state index in [4.69, 9.17) is 0 Å². The van der Waals surface area contributed by atoms with Crippen molar-refractivity contribution in [3.05, 3.63) is 59.7 Å². The van der Waals surface area contributed by atoms with Crippen molar-refractivity contribution < 1.29 is 9.59 Å². The van der Waals surface area contributed by atoms with Crippen molar-refractivity contribution in [2.75, 3.05) is 0 Å². The minimum Gasteiger partial charge on any atom is -0.211 e. The third kappa shape index (κ3) is 3.47. The molecule has 0 aromatic heterocycles. The highest BCUT2D eigenvalue weighted by atomic mass is 16.1. The first-order valence-corrected chi connectivity index (χ1v) is 5.86. The van der Waals surface area contributed by atoms with Crippen molar-refractivity contribution in [2.24, 2.45) is 9.98 Å². The van der Waals surface area contributed by atoms with Crippen LogP contribution < -0.4 is 0 Å². The summed E-state index contributed by atoms with van der Waals surface area (Å²) < 4.78 is 0. The molecule has 0 saturated heterocycles. The standard InChI is InChI=1S/C16H10N2O2/c19-11-17-15-9-6-13(7-10-15)5-8-14-3-1-2-4-16(14)18-12-20/h1-10H. The van der Waals surface area contributed by atoms with Crippen LogP contribution in [0.1, 0.15) is 11.1 Å². The van der Waals surface area contributed by atoms with E-state index in [9.17, 15) is 9.59 Å². The van der Waals surface area contributed by atoms with Crippen LogP contribution in [-0.2, 0) is 9.59 Å². The molecule has 4 heteroatoms. The molecule has 0 saturated carbocycles. The van der Waals surface area contributed by atoms with Gasteiger partial charge in [-0.05, 0) is 23.8 Å². The molecule has 20 heavy (non-hydrogen) atoms. The molecule has 96 valence electrons. The minimum absolute atomic E-state index is 0.558. The zero-order chi connectivity index (χ0) is 14.2. The maximum Gasteiger partial charge on any atom is 0.240 e. The number of hydrogen-bond acceptors (Lipinski definition) is 4. The van der Waals surface area contributed by atoms with Gasteiger partial charge in [0.25, 0.3) is 0 Å². The molecule has 0 spiro atoms. The highest BCUT2D eigenvalue weighted by Gasteiger charge is 1.96. The van der Waals surface area contributed by atoms with Gasteiger partial charge in [0.2, 0.25) is 12.2 Å². The van der Waals surface area contributed by atoms with E-state index in [2.05, 4.69) is 9.98 Å². The van der Waals surface area contributed by atoms with E-state index in [1.54, 1.807) is 24.3 Å². The van der Waals surface area contributed by atoms with Crippen molar-refractivity contribution in [1.29, 1.82) is 0 Å². The van der Waals surface area contributed by atoms with Crippen LogP contribution in [0.2, 0.25) is 0 Å². The molecule has 0 heterocycles. The van der Waals surface area contributed by atoms with Gasteiger partial charge < -0.3 is 0 Å². The van der Waals surface area contributed by atoms with Gasteiger partial charge in [0.1, 0.15) is 0 Å². The first-order valence-electron chi connectivity index (χ1n) is 5.86. The van der Waals surface area contributed by atoms with Gasteiger partial charge in [0, 0.05) is 5.56 Å². The molecule has 2 aromatic rings. The summed E-state index contributed by atoms with van der Waals surface area (Å²) in [6, 6.07) is 14.4.